The van der Waals surface area contributed by atoms with Crippen LogP contribution in [0.25, 0.3) is 0 Å². The predicted molar refractivity (Wildman–Crippen MR) is 83.4 cm³/mol. The summed E-state index contributed by atoms with van der Waals surface area (Å²) in [6, 6.07) is 7.87. The number of nitro benzene ring substituents is 1. The smallest absolute Gasteiger partial charge is 0.274 e. The maximum atomic E-state index is 12.9. The Morgan fingerprint density at radius 1 is 1.35 bits per heavy atom. The molecule has 1 N–H and O–H groups in total. The molecule has 0 atom stereocenters. The Hall–Kier alpha value is -2.67. The van der Waals surface area contributed by atoms with Crippen molar-refractivity contribution in [3.05, 3.63) is 62.9 Å². The summed E-state index contributed by atoms with van der Waals surface area (Å²) in [7, 11) is 0. The Morgan fingerprint density at radius 2 is 2.09 bits per heavy atom. The number of carbonyl (C=O) groups excluding carboxylic acids is 1. The van der Waals surface area contributed by atoms with Crippen LogP contribution in [0, 0.1) is 22.9 Å². The fourth-order valence-electron chi connectivity index (χ4n) is 1.82. The van der Waals surface area contributed by atoms with Gasteiger partial charge in [0.25, 0.3) is 11.6 Å². The third-order valence-corrected chi connectivity index (χ3v) is 3.24. The van der Waals surface area contributed by atoms with Crippen LogP contribution in [0.4, 0.5) is 15.8 Å². The molecule has 120 valence electrons. The molecule has 0 heterocycles. The molecule has 2 aromatic carbocycles. The van der Waals surface area contributed by atoms with Gasteiger partial charge >= 0.3 is 0 Å². The predicted octanol–water partition coefficient (Wildman–Crippen LogP) is 3.71. The van der Waals surface area contributed by atoms with Crippen LogP contribution in [0.5, 0.6) is 5.75 Å². The van der Waals surface area contributed by atoms with E-state index in [1.165, 1.54) is 18.2 Å². The zero-order chi connectivity index (χ0) is 17.0. The van der Waals surface area contributed by atoms with Crippen LogP contribution in [0.2, 0.25) is 5.02 Å². The number of nitro groups is 1. The number of nitrogens with zero attached hydrogens (tertiary/aromatic N) is 1. The average Bonchev–Trinajstić information content (AvgIpc) is 2.48. The van der Waals surface area contributed by atoms with E-state index < -0.39 is 16.6 Å². The third-order valence-electron chi connectivity index (χ3n) is 2.94. The molecule has 2 rings (SSSR count). The second kappa shape index (κ2) is 7.06. The molecule has 0 bridgehead atoms. The van der Waals surface area contributed by atoms with Gasteiger partial charge in [0.1, 0.15) is 11.6 Å². The van der Waals surface area contributed by atoms with Gasteiger partial charge in [-0.1, -0.05) is 17.7 Å². The molecule has 0 spiro atoms. The van der Waals surface area contributed by atoms with Gasteiger partial charge in [0, 0.05) is 17.3 Å². The fraction of sp³-hybridized carbons (Fsp3) is 0.133. The van der Waals surface area contributed by atoms with Gasteiger partial charge in [-0.15, -0.1) is 0 Å². The summed E-state index contributed by atoms with van der Waals surface area (Å²) in [6.45, 7) is 1.23. The van der Waals surface area contributed by atoms with Gasteiger partial charge in [-0.05, 0) is 31.2 Å². The highest BCUT2D eigenvalue weighted by atomic mass is 35.5. The molecule has 0 radical (unpaired) electrons. The molecule has 0 fully saturated rings. The maximum absolute atomic E-state index is 12.9. The SMILES string of the molecule is Cc1ccc(NC(=O)COc2ccc(F)cc2Cl)cc1[N+](=O)[O-]. The van der Waals surface area contributed by atoms with Gasteiger partial charge < -0.3 is 10.1 Å². The molecule has 0 saturated heterocycles. The van der Waals surface area contributed by atoms with Crippen LogP contribution in [0.3, 0.4) is 0 Å². The summed E-state index contributed by atoms with van der Waals surface area (Å²) in [4.78, 5) is 22.1. The van der Waals surface area contributed by atoms with Crippen LogP contribution >= 0.6 is 11.6 Å². The van der Waals surface area contributed by atoms with Crippen molar-refractivity contribution in [1.29, 1.82) is 0 Å². The van der Waals surface area contributed by atoms with Gasteiger partial charge in [-0.2, -0.15) is 0 Å². The van der Waals surface area contributed by atoms with E-state index in [1.54, 1.807) is 13.0 Å². The lowest BCUT2D eigenvalue weighted by Crippen LogP contribution is -2.20. The minimum absolute atomic E-state index is 0.0452. The third kappa shape index (κ3) is 4.40. The minimum Gasteiger partial charge on any atom is -0.482 e. The first-order chi connectivity index (χ1) is 10.9. The lowest BCUT2D eigenvalue weighted by molar-refractivity contribution is -0.385. The summed E-state index contributed by atoms with van der Waals surface area (Å²) >= 11 is 5.77. The number of anilines is 1. The summed E-state index contributed by atoms with van der Waals surface area (Å²) < 4.78 is 18.1. The van der Waals surface area contributed by atoms with Gasteiger partial charge in [0.05, 0.1) is 9.95 Å². The van der Waals surface area contributed by atoms with Crippen LogP contribution in [-0.4, -0.2) is 17.4 Å². The van der Waals surface area contributed by atoms with E-state index in [0.29, 0.717) is 5.56 Å². The lowest BCUT2D eigenvalue weighted by atomic mass is 10.2. The molecular weight excluding hydrogens is 327 g/mol. The number of ether oxygens (including phenoxy) is 1. The largest absolute Gasteiger partial charge is 0.482 e. The standard InChI is InChI=1S/C15H12ClFN2O4/c1-9-2-4-11(7-13(9)19(21)22)18-15(20)8-23-14-5-3-10(17)6-12(14)16/h2-7H,8H2,1H3,(H,18,20). The zero-order valence-electron chi connectivity index (χ0n) is 12.0. The van der Waals surface area contributed by atoms with Crippen molar-refractivity contribution < 1.29 is 18.8 Å². The number of halogens is 2. The normalized spacial score (nSPS) is 10.2. The van der Waals surface area contributed by atoms with E-state index in [4.69, 9.17) is 16.3 Å². The molecule has 0 aromatic heterocycles. The topological polar surface area (TPSA) is 81.5 Å². The lowest BCUT2D eigenvalue weighted by Gasteiger charge is -2.09. The number of hydrogen-bond acceptors (Lipinski definition) is 4. The molecule has 2 aromatic rings. The maximum Gasteiger partial charge on any atom is 0.274 e. The highest BCUT2D eigenvalue weighted by Gasteiger charge is 2.13. The number of amides is 1. The Morgan fingerprint density at radius 3 is 2.74 bits per heavy atom. The van der Waals surface area contributed by atoms with Crippen molar-refractivity contribution in [3.63, 3.8) is 0 Å². The zero-order valence-corrected chi connectivity index (χ0v) is 12.8. The van der Waals surface area contributed by atoms with Gasteiger partial charge in [0.2, 0.25) is 0 Å². The van der Waals surface area contributed by atoms with E-state index in [1.807, 2.05) is 0 Å². The number of nitrogens with one attached hydrogen (secondary N) is 1. The fourth-order valence-corrected chi connectivity index (χ4v) is 2.04. The number of benzene rings is 2. The highest BCUT2D eigenvalue weighted by Crippen LogP contribution is 2.25. The number of hydrogen-bond donors (Lipinski definition) is 1. The number of rotatable bonds is 5. The van der Waals surface area contributed by atoms with Crippen molar-refractivity contribution in [1.82, 2.24) is 0 Å². The monoisotopic (exact) mass is 338 g/mol. The molecule has 0 unspecified atom stereocenters. The van der Waals surface area contributed by atoms with E-state index in [9.17, 15) is 19.3 Å². The summed E-state index contributed by atoms with van der Waals surface area (Å²) in [5, 5.41) is 13.4. The molecule has 6 nitrogen and oxygen atoms in total. The molecule has 8 heteroatoms. The summed E-state index contributed by atoms with van der Waals surface area (Å²) in [5.41, 5.74) is 0.675. The van der Waals surface area contributed by atoms with Crippen LogP contribution in [-0.2, 0) is 4.79 Å². The van der Waals surface area contributed by atoms with Gasteiger partial charge in [-0.3, -0.25) is 14.9 Å². The van der Waals surface area contributed by atoms with E-state index in [2.05, 4.69) is 5.32 Å². The van der Waals surface area contributed by atoms with Crippen molar-refractivity contribution in [2.45, 2.75) is 6.92 Å². The number of carbonyl (C=O) groups is 1. The highest BCUT2D eigenvalue weighted by molar-refractivity contribution is 6.32. The Balaban J connectivity index is 2.00. The van der Waals surface area contributed by atoms with E-state index in [0.717, 1.165) is 12.1 Å². The summed E-state index contributed by atoms with van der Waals surface area (Å²) in [6.07, 6.45) is 0. The van der Waals surface area contributed by atoms with Crippen molar-refractivity contribution in [2.75, 3.05) is 11.9 Å². The molecule has 0 saturated carbocycles. The average molecular weight is 339 g/mol. The Labute approximate surface area is 136 Å². The molecule has 1 amide bonds. The van der Waals surface area contributed by atoms with E-state index in [-0.39, 0.29) is 28.8 Å². The first kappa shape index (κ1) is 16.7. The first-order valence-corrected chi connectivity index (χ1v) is 6.87. The molecule has 0 aliphatic heterocycles. The van der Waals surface area contributed by atoms with Crippen molar-refractivity contribution in [2.24, 2.45) is 0 Å². The van der Waals surface area contributed by atoms with Gasteiger partial charge in [-0.25, -0.2) is 4.39 Å². The molecule has 0 aliphatic rings. The van der Waals surface area contributed by atoms with Crippen molar-refractivity contribution >= 4 is 28.9 Å². The first-order valence-electron chi connectivity index (χ1n) is 6.49. The molecular formula is C15H12ClFN2O4. The summed E-state index contributed by atoms with van der Waals surface area (Å²) in [5.74, 6) is -0.875. The molecule has 0 aliphatic carbocycles. The van der Waals surface area contributed by atoms with Gasteiger partial charge in [0.15, 0.2) is 6.61 Å². The van der Waals surface area contributed by atoms with Crippen LogP contribution < -0.4 is 10.1 Å². The van der Waals surface area contributed by atoms with Crippen LogP contribution in [0.15, 0.2) is 36.4 Å². The van der Waals surface area contributed by atoms with E-state index >= 15 is 0 Å². The van der Waals surface area contributed by atoms with Crippen LogP contribution in [0.1, 0.15) is 5.56 Å². The quantitative estimate of drug-likeness (QED) is 0.665. The Bertz CT molecular complexity index is 767. The second-order valence-electron chi connectivity index (χ2n) is 4.67. The second-order valence-corrected chi connectivity index (χ2v) is 5.08. The van der Waals surface area contributed by atoms with Crippen molar-refractivity contribution in [3.8, 4) is 5.75 Å². The Kier molecular flexibility index (Phi) is 5.13. The molecule has 23 heavy (non-hydrogen) atoms. The minimum atomic E-state index is -0.528. The number of aryl methyl sites for hydroxylation is 1.